The fraction of sp³-hybridized carbons (Fsp3) is 0.714. The van der Waals surface area contributed by atoms with E-state index in [1.807, 2.05) is 25.7 Å². The van der Waals surface area contributed by atoms with Crippen molar-refractivity contribution in [3.63, 3.8) is 0 Å². The van der Waals surface area contributed by atoms with Crippen molar-refractivity contribution in [2.24, 2.45) is 10.9 Å². The van der Waals surface area contributed by atoms with Crippen LogP contribution in [0.1, 0.15) is 45.4 Å². The number of nitrogens with one attached hydrogen (secondary N) is 1. The highest BCUT2D eigenvalue weighted by molar-refractivity contribution is 7.09. The Kier molecular flexibility index (Phi) is 8.60. The molecule has 1 fully saturated rings. The van der Waals surface area contributed by atoms with Gasteiger partial charge >= 0.3 is 6.09 Å². The second-order valence-corrected chi connectivity index (χ2v) is 9.41. The van der Waals surface area contributed by atoms with E-state index >= 15 is 0 Å². The maximum Gasteiger partial charge on any atom is 0.410 e. The molecule has 1 amide bonds. The molecule has 28 heavy (non-hydrogen) atoms. The third-order valence-corrected chi connectivity index (χ3v) is 5.58. The monoisotopic (exact) mass is 408 g/mol. The van der Waals surface area contributed by atoms with Crippen LogP contribution < -0.4 is 5.32 Å². The average Bonchev–Trinajstić information content (AvgIpc) is 3.15. The SMILES string of the molecule is CCNC(=NCC1CCCN(C(=O)OC(C)(C)C)C1)N(C)CCc1cccs1. The van der Waals surface area contributed by atoms with E-state index < -0.39 is 5.60 Å². The molecule has 1 aliphatic heterocycles. The van der Waals surface area contributed by atoms with Crippen LogP contribution in [0.2, 0.25) is 0 Å². The molecule has 0 bridgehead atoms. The van der Waals surface area contributed by atoms with E-state index in [-0.39, 0.29) is 6.09 Å². The van der Waals surface area contributed by atoms with Gasteiger partial charge in [0.1, 0.15) is 5.60 Å². The lowest BCUT2D eigenvalue weighted by Crippen LogP contribution is -2.44. The Bertz CT molecular complexity index is 625. The van der Waals surface area contributed by atoms with Crippen LogP contribution in [-0.2, 0) is 11.2 Å². The highest BCUT2D eigenvalue weighted by Gasteiger charge is 2.27. The maximum atomic E-state index is 12.4. The first-order valence-corrected chi connectivity index (χ1v) is 11.2. The average molecular weight is 409 g/mol. The van der Waals surface area contributed by atoms with Crippen molar-refractivity contribution in [2.45, 2.75) is 52.6 Å². The number of nitrogens with zero attached hydrogens (tertiary/aromatic N) is 3. The number of likely N-dealkylation sites (tertiary alicyclic amines) is 1. The van der Waals surface area contributed by atoms with Crippen LogP contribution in [0.5, 0.6) is 0 Å². The van der Waals surface area contributed by atoms with Gasteiger partial charge in [-0.1, -0.05) is 6.07 Å². The molecule has 7 heteroatoms. The largest absolute Gasteiger partial charge is 0.444 e. The summed E-state index contributed by atoms with van der Waals surface area (Å²) in [5, 5.41) is 5.51. The van der Waals surface area contributed by atoms with Gasteiger partial charge in [-0.2, -0.15) is 0 Å². The van der Waals surface area contributed by atoms with Gasteiger partial charge in [0, 0.05) is 44.6 Å². The summed E-state index contributed by atoms with van der Waals surface area (Å²) in [7, 11) is 2.09. The van der Waals surface area contributed by atoms with Crippen LogP contribution in [0, 0.1) is 5.92 Å². The van der Waals surface area contributed by atoms with Crippen LogP contribution in [-0.4, -0.2) is 67.2 Å². The number of ether oxygens (including phenoxy) is 1. The van der Waals surface area contributed by atoms with Crippen molar-refractivity contribution in [2.75, 3.05) is 39.8 Å². The second kappa shape index (κ2) is 10.7. The molecule has 1 unspecified atom stereocenters. The van der Waals surface area contributed by atoms with E-state index in [4.69, 9.17) is 9.73 Å². The smallest absolute Gasteiger partial charge is 0.410 e. The molecule has 1 aromatic heterocycles. The summed E-state index contributed by atoms with van der Waals surface area (Å²) in [6, 6.07) is 4.27. The number of carbonyl (C=O) groups excluding carboxylic acids is 1. The van der Waals surface area contributed by atoms with Gasteiger partial charge in [-0.3, -0.25) is 4.99 Å². The molecule has 2 heterocycles. The minimum atomic E-state index is -0.453. The zero-order chi connectivity index (χ0) is 20.6. The van der Waals surface area contributed by atoms with E-state index in [0.29, 0.717) is 5.92 Å². The van der Waals surface area contributed by atoms with Gasteiger partial charge in [0.05, 0.1) is 0 Å². The number of thiophene rings is 1. The van der Waals surface area contributed by atoms with E-state index in [0.717, 1.165) is 57.9 Å². The molecular formula is C21H36N4O2S. The van der Waals surface area contributed by atoms with Crippen molar-refractivity contribution in [3.05, 3.63) is 22.4 Å². The number of likely N-dealkylation sites (N-methyl/N-ethyl adjacent to an activating group) is 1. The molecule has 0 saturated carbocycles. The first-order valence-electron chi connectivity index (χ1n) is 10.3. The summed E-state index contributed by atoms with van der Waals surface area (Å²) in [5.41, 5.74) is -0.453. The Morgan fingerprint density at radius 2 is 2.25 bits per heavy atom. The summed E-state index contributed by atoms with van der Waals surface area (Å²) in [6.45, 7) is 11.8. The van der Waals surface area contributed by atoms with Crippen LogP contribution in [0.3, 0.4) is 0 Å². The highest BCUT2D eigenvalue weighted by atomic mass is 32.1. The van der Waals surface area contributed by atoms with Crippen molar-refractivity contribution >= 4 is 23.4 Å². The van der Waals surface area contributed by atoms with Crippen LogP contribution in [0.25, 0.3) is 0 Å². The molecule has 1 saturated heterocycles. The van der Waals surface area contributed by atoms with E-state index in [1.54, 1.807) is 11.3 Å². The van der Waals surface area contributed by atoms with Gasteiger partial charge in [0.2, 0.25) is 0 Å². The number of hydrogen-bond donors (Lipinski definition) is 1. The predicted octanol–water partition coefficient (Wildman–Crippen LogP) is 3.84. The Hall–Kier alpha value is -1.76. The zero-order valence-electron chi connectivity index (χ0n) is 18.0. The Balaban J connectivity index is 1.89. The summed E-state index contributed by atoms with van der Waals surface area (Å²) in [5.74, 6) is 1.31. The van der Waals surface area contributed by atoms with Gasteiger partial charge in [-0.25, -0.2) is 4.79 Å². The lowest BCUT2D eigenvalue weighted by atomic mass is 9.98. The molecule has 6 nitrogen and oxygen atoms in total. The predicted molar refractivity (Wildman–Crippen MR) is 117 cm³/mol. The number of piperidine rings is 1. The second-order valence-electron chi connectivity index (χ2n) is 8.38. The fourth-order valence-electron chi connectivity index (χ4n) is 3.23. The summed E-state index contributed by atoms with van der Waals surface area (Å²) < 4.78 is 5.53. The molecule has 158 valence electrons. The van der Waals surface area contributed by atoms with Gasteiger partial charge in [0.25, 0.3) is 0 Å². The topological polar surface area (TPSA) is 57.2 Å². The number of aliphatic imine (C=N–C) groups is 1. The minimum absolute atomic E-state index is 0.207. The molecule has 1 atom stereocenters. The first kappa shape index (κ1) is 22.5. The van der Waals surface area contributed by atoms with Crippen molar-refractivity contribution < 1.29 is 9.53 Å². The minimum Gasteiger partial charge on any atom is -0.444 e. The van der Waals surface area contributed by atoms with Gasteiger partial charge in [0.15, 0.2) is 5.96 Å². The molecule has 1 aliphatic rings. The summed E-state index contributed by atoms with van der Waals surface area (Å²) in [4.78, 5) is 22.6. The standard InChI is InChI=1S/C21H36N4O2S/c1-6-22-19(24(5)13-11-18-10-8-14-28-18)23-15-17-9-7-12-25(16-17)20(26)27-21(2,3)4/h8,10,14,17H,6-7,9,11-13,15-16H2,1-5H3,(H,22,23). The van der Waals surface area contributed by atoms with Crippen LogP contribution in [0.4, 0.5) is 4.79 Å². The number of rotatable bonds is 6. The number of carbonyl (C=O) groups is 1. The number of guanidine groups is 1. The zero-order valence-corrected chi connectivity index (χ0v) is 18.8. The number of hydrogen-bond acceptors (Lipinski definition) is 4. The van der Waals surface area contributed by atoms with E-state index in [1.165, 1.54) is 4.88 Å². The van der Waals surface area contributed by atoms with Gasteiger partial charge < -0.3 is 19.9 Å². The van der Waals surface area contributed by atoms with Crippen LogP contribution >= 0.6 is 11.3 Å². The molecule has 2 rings (SSSR count). The fourth-order valence-corrected chi connectivity index (χ4v) is 3.93. The van der Waals surface area contributed by atoms with Gasteiger partial charge in [-0.05, 0) is 64.3 Å². The first-order chi connectivity index (χ1) is 13.3. The van der Waals surface area contributed by atoms with Crippen molar-refractivity contribution in [1.82, 2.24) is 15.1 Å². The van der Waals surface area contributed by atoms with E-state index in [9.17, 15) is 4.79 Å². The lowest BCUT2D eigenvalue weighted by Gasteiger charge is -2.33. The Morgan fingerprint density at radius 3 is 2.89 bits per heavy atom. The van der Waals surface area contributed by atoms with Gasteiger partial charge in [-0.15, -0.1) is 11.3 Å². The summed E-state index contributed by atoms with van der Waals surface area (Å²) in [6.07, 6.45) is 2.92. The van der Waals surface area contributed by atoms with Crippen molar-refractivity contribution in [3.8, 4) is 0 Å². The summed E-state index contributed by atoms with van der Waals surface area (Å²) >= 11 is 1.80. The third-order valence-electron chi connectivity index (χ3n) is 4.64. The highest BCUT2D eigenvalue weighted by Crippen LogP contribution is 2.19. The number of amides is 1. The molecular weight excluding hydrogens is 372 g/mol. The Morgan fingerprint density at radius 1 is 1.46 bits per heavy atom. The molecule has 1 aromatic rings. The quantitative estimate of drug-likeness (QED) is 0.574. The third kappa shape index (κ3) is 7.70. The molecule has 0 aromatic carbocycles. The normalized spacial score (nSPS) is 18.1. The van der Waals surface area contributed by atoms with Crippen LogP contribution in [0.15, 0.2) is 22.5 Å². The maximum absolute atomic E-state index is 12.4. The molecule has 0 radical (unpaired) electrons. The molecule has 0 aliphatic carbocycles. The Labute approximate surface area is 174 Å². The van der Waals surface area contributed by atoms with E-state index in [2.05, 4.69) is 41.7 Å². The lowest BCUT2D eigenvalue weighted by molar-refractivity contribution is 0.0170. The molecule has 1 N–H and O–H groups in total. The van der Waals surface area contributed by atoms with Crippen molar-refractivity contribution in [1.29, 1.82) is 0 Å². The molecule has 0 spiro atoms.